The van der Waals surface area contributed by atoms with E-state index in [1.807, 2.05) is 19.1 Å². The minimum Gasteiger partial charge on any atom is -0.391 e. The maximum atomic E-state index is 12.4. The Hall–Kier alpha value is -0.410. The number of rotatable bonds is 4. The maximum absolute atomic E-state index is 12.4. The van der Waals surface area contributed by atoms with Gasteiger partial charge in [0, 0.05) is 13.8 Å². The molecule has 0 fully saturated rings. The highest BCUT2D eigenvalue weighted by atomic mass is 79.9. The van der Waals surface area contributed by atoms with E-state index in [0.717, 1.165) is 22.5 Å². The van der Waals surface area contributed by atoms with E-state index < -0.39 is 10.0 Å². The lowest BCUT2D eigenvalue weighted by Crippen LogP contribution is -2.12. The molecule has 4 nitrogen and oxygen atoms in total. The molecule has 2 N–H and O–H groups in total. The van der Waals surface area contributed by atoms with Gasteiger partial charge in [0.2, 0.25) is 0 Å². The maximum Gasteiger partial charge on any atom is 0.271 e. The molecule has 0 bridgehead atoms. The topological polar surface area (TPSA) is 66.4 Å². The van der Waals surface area contributed by atoms with Crippen LogP contribution in [0.3, 0.4) is 0 Å². The average molecular weight is 455 g/mol. The molecule has 0 saturated heterocycles. The molecule has 0 aliphatic rings. The van der Waals surface area contributed by atoms with Crippen LogP contribution < -0.4 is 4.72 Å². The van der Waals surface area contributed by atoms with E-state index in [0.29, 0.717) is 19.5 Å². The average Bonchev–Trinajstić information content (AvgIpc) is 2.76. The van der Waals surface area contributed by atoms with Crippen LogP contribution in [0.25, 0.3) is 0 Å². The van der Waals surface area contributed by atoms with E-state index in [9.17, 15) is 13.5 Å². The van der Waals surface area contributed by atoms with Gasteiger partial charge >= 0.3 is 0 Å². The summed E-state index contributed by atoms with van der Waals surface area (Å²) in [7, 11) is -3.69. The Kier molecular flexibility index (Phi) is 5.15. The molecular formula is C13H13Br2NO3S2. The lowest BCUT2D eigenvalue weighted by molar-refractivity contribution is 0.285. The van der Waals surface area contributed by atoms with Gasteiger partial charge in [0.1, 0.15) is 4.21 Å². The van der Waals surface area contributed by atoms with Crippen molar-refractivity contribution < 1.29 is 13.5 Å². The fourth-order valence-corrected chi connectivity index (χ4v) is 6.19. The summed E-state index contributed by atoms with van der Waals surface area (Å²) in [5.41, 5.74) is 2.23. The monoisotopic (exact) mass is 453 g/mol. The first kappa shape index (κ1) is 17.0. The summed E-state index contributed by atoms with van der Waals surface area (Å²) in [6, 6.07) is 5.23. The summed E-state index contributed by atoms with van der Waals surface area (Å²) in [4.78, 5) is 0.650. The summed E-state index contributed by atoms with van der Waals surface area (Å²) in [5, 5.41) is 9.19. The van der Waals surface area contributed by atoms with Crippen molar-refractivity contribution >= 4 is 58.9 Å². The van der Waals surface area contributed by atoms with Gasteiger partial charge in [-0.05, 0) is 75.0 Å². The highest BCUT2D eigenvalue weighted by Gasteiger charge is 2.21. The van der Waals surface area contributed by atoms with E-state index >= 15 is 0 Å². The third-order valence-corrected chi connectivity index (χ3v) is 7.13. The summed E-state index contributed by atoms with van der Waals surface area (Å²) in [5.74, 6) is 0. The van der Waals surface area contributed by atoms with E-state index in [2.05, 4.69) is 36.6 Å². The van der Waals surface area contributed by atoms with Crippen molar-refractivity contribution in [3.63, 3.8) is 0 Å². The highest BCUT2D eigenvalue weighted by molar-refractivity contribution is 9.11. The summed E-state index contributed by atoms with van der Waals surface area (Å²) in [6.45, 7) is 3.53. The Labute approximate surface area is 144 Å². The zero-order chi connectivity index (χ0) is 15.8. The number of nitrogens with one attached hydrogen (secondary N) is 1. The predicted octanol–water partition coefficient (Wildman–Crippen LogP) is 4.18. The highest BCUT2D eigenvalue weighted by Crippen LogP contribution is 2.35. The number of halogens is 2. The zero-order valence-electron chi connectivity index (χ0n) is 11.3. The number of sulfonamides is 1. The van der Waals surface area contributed by atoms with Crippen LogP contribution in [-0.2, 0) is 16.6 Å². The molecule has 0 aliphatic heterocycles. The molecule has 1 heterocycles. The quantitative estimate of drug-likeness (QED) is 0.727. The molecule has 0 saturated carbocycles. The molecule has 0 aliphatic carbocycles. The summed E-state index contributed by atoms with van der Waals surface area (Å²) >= 11 is 7.80. The number of benzene rings is 1. The zero-order valence-corrected chi connectivity index (χ0v) is 16.1. The van der Waals surface area contributed by atoms with Crippen LogP contribution >= 0.6 is 43.2 Å². The first-order valence-corrected chi connectivity index (χ1v) is 9.82. The van der Waals surface area contributed by atoms with Gasteiger partial charge < -0.3 is 5.11 Å². The second-order valence-electron chi connectivity index (χ2n) is 4.54. The molecule has 0 spiro atoms. The fourth-order valence-electron chi connectivity index (χ4n) is 1.76. The van der Waals surface area contributed by atoms with E-state index in [1.165, 1.54) is 0 Å². The first-order valence-electron chi connectivity index (χ1n) is 5.93. The molecule has 0 unspecified atom stereocenters. The van der Waals surface area contributed by atoms with Gasteiger partial charge in [-0.25, -0.2) is 8.42 Å². The van der Waals surface area contributed by atoms with E-state index in [1.54, 1.807) is 13.0 Å². The van der Waals surface area contributed by atoms with E-state index in [4.69, 9.17) is 0 Å². The third-order valence-electron chi connectivity index (χ3n) is 2.83. The molecule has 8 heteroatoms. The molecule has 1 aromatic carbocycles. The van der Waals surface area contributed by atoms with Gasteiger partial charge in [0.25, 0.3) is 10.0 Å². The molecular weight excluding hydrogens is 442 g/mol. The van der Waals surface area contributed by atoms with Crippen LogP contribution in [0.1, 0.15) is 16.0 Å². The van der Waals surface area contributed by atoms with Crippen molar-refractivity contribution in [2.24, 2.45) is 0 Å². The number of hydrogen-bond acceptors (Lipinski definition) is 4. The molecule has 1 aromatic heterocycles. The normalized spacial score (nSPS) is 11.7. The minimum absolute atomic E-state index is 0.163. The Morgan fingerprint density at radius 3 is 2.24 bits per heavy atom. The van der Waals surface area contributed by atoms with Gasteiger partial charge in [0.05, 0.1) is 12.3 Å². The number of anilines is 1. The molecule has 0 radical (unpaired) electrons. The van der Waals surface area contributed by atoms with Crippen LogP contribution in [0.2, 0.25) is 0 Å². The number of hydrogen-bond donors (Lipinski definition) is 2. The van der Waals surface area contributed by atoms with Crippen molar-refractivity contribution in [3.05, 3.63) is 43.1 Å². The second-order valence-corrected chi connectivity index (χ2v) is 9.29. The van der Waals surface area contributed by atoms with E-state index in [-0.39, 0.29) is 10.8 Å². The first-order chi connectivity index (χ1) is 9.74. The van der Waals surface area contributed by atoms with Crippen molar-refractivity contribution in [2.75, 3.05) is 4.72 Å². The SMILES string of the molecule is Cc1cc(Br)c(NS(=O)(=O)c2cc(C)c(CO)s2)c(Br)c1. The van der Waals surface area contributed by atoms with Crippen molar-refractivity contribution in [1.29, 1.82) is 0 Å². The molecule has 0 amide bonds. The lowest BCUT2D eigenvalue weighted by atomic mass is 10.2. The Bertz CT molecular complexity index is 762. The minimum atomic E-state index is -3.69. The third kappa shape index (κ3) is 3.68. The van der Waals surface area contributed by atoms with Crippen molar-refractivity contribution in [3.8, 4) is 0 Å². The molecule has 2 rings (SSSR count). The van der Waals surface area contributed by atoms with Gasteiger partial charge in [0.15, 0.2) is 0 Å². The van der Waals surface area contributed by atoms with Crippen LogP contribution in [0, 0.1) is 13.8 Å². The van der Waals surface area contributed by atoms with Gasteiger partial charge in [-0.3, -0.25) is 4.72 Å². The lowest BCUT2D eigenvalue weighted by Gasteiger charge is -2.11. The Balaban J connectivity index is 2.42. The van der Waals surface area contributed by atoms with Gasteiger partial charge in [-0.2, -0.15) is 0 Å². The number of aliphatic hydroxyl groups is 1. The number of aliphatic hydroxyl groups excluding tert-OH is 1. The van der Waals surface area contributed by atoms with Crippen LogP contribution in [0.5, 0.6) is 0 Å². The standard InChI is InChI=1S/C13H13Br2NO3S2/c1-7-3-9(14)13(10(15)4-7)16-21(18,19)12-5-8(2)11(6-17)20-12/h3-5,16-17H,6H2,1-2H3. The van der Waals surface area contributed by atoms with Crippen LogP contribution in [0.15, 0.2) is 31.4 Å². The molecule has 114 valence electrons. The summed E-state index contributed by atoms with van der Waals surface area (Å²) < 4.78 is 29.0. The summed E-state index contributed by atoms with van der Waals surface area (Å²) in [6.07, 6.45) is 0. The smallest absolute Gasteiger partial charge is 0.271 e. The largest absolute Gasteiger partial charge is 0.391 e. The van der Waals surface area contributed by atoms with Crippen LogP contribution in [0.4, 0.5) is 5.69 Å². The number of thiophene rings is 1. The second kappa shape index (κ2) is 6.37. The molecule has 0 atom stereocenters. The molecule has 21 heavy (non-hydrogen) atoms. The Morgan fingerprint density at radius 1 is 1.19 bits per heavy atom. The molecule has 2 aromatic rings. The van der Waals surface area contributed by atoms with Crippen LogP contribution in [-0.4, -0.2) is 13.5 Å². The number of aryl methyl sites for hydroxylation is 2. The van der Waals surface area contributed by atoms with Gasteiger partial charge in [-0.15, -0.1) is 11.3 Å². The predicted molar refractivity (Wildman–Crippen MR) is 92.4 cm³/mol. The van der Waals surface area contributed by atoms with Crippen molar-refractivity contribution in [1.82, 2.24) is 0 Å². The Morgan fingerprint density at radius 2 is 1.76 bits per heavy atom. The fraction of sp³-hybridized carbons (Fsp3) is 0.231. The van der Waals surface area contributed by atoms with Crippen molar-refractivity contribution in [2.45, 2.75) is 24.7 Å². The van der Waals surface area contributed by atoms with Gasteiger partial charge in [-0.1, -0.05) is 0 Å².